The molecular weight excluding hydrogens is 290 g/mol. The maximum absolute atomic E-state index is 12.8. The summed E-state index contributed by atoms with van der Waals surface area (Å²) in [5.74, 6) is 0.157. The Bertz CT molecular complexity index is 602. The van der Waals surface area contributed by atoms with Gasteiger partial charge in [-0.1, -0.05) is 13.3 Å². The lowest BCUT2D eigenvalue weighted by Crippen LogP contribution is -2.42. The monoisotopic (exact) mass is 313 g/mol. The first-order chi connectivity index (χ1) is 9.85. The molecule has 7 heteroatoms. The Balaban J connectivity index is 2.26. The average Bonchev–Trinajstić information content (AvgIpc) is 2.93. The molecule has 2 heterocycles. The van der Waals surface area contributed by atoms with E-state index in [0.717, 1.165) is 18.5 Å². The van der Waals surface area contributed by atoms with Crippen molar-refractivity contribution in [3.8, 4) is 0 Å². The lowest BCUT2D eigenvalue weighted by atomic mass is 10.1. The number of hydrogen-bond donors (Lipinski definition) is 1. The summed E-state index contributed by atoms with van der Waals surface area (Å²) in [5.41, 5.74) is 1.98. The zero-order valence-electron chi connectivity index (χ0n) is 12.8. The molecule has 1 saturated heterocycles. The van der Waals surface area contributed by atoms with Crippen LogP contribution < -0.4 is 0 Å². The number of H-pyrrole nitrogens is 1. The minimum Gasteiger partial charge on any atom is -0.334 e. The van der Waals surface area contributed by atoms with Crippen LogP contribution in [0.15, 0.2) is 0 Å². The van der Waals surface area contributed by atoms with E-state index in [2.05, 4.69) is 17.1 Å². The van der Waals surface area contributed by atoms with Gasteiger partial charge in [0, 0.05) is 18.3 Å². The Labute approximate surface area is 125 Å². The molecule has 0 aliphatic carbocycles. The molecule has 2 rings (SSSR count). The largest absolute Gasteiger partial charge is 0.334 e. The molecule has 21 heavy (non-hydrogen) atoms. The molecule has 0 radical (unpaired) electrons. The first-order valence-corrected chi connectivity index (χ1v) is 9.21. The maximum Gasteiger partial charge on any atom is 0.257 e. The van der Waals surface area contributed by atoms with E-state index >= 15 is 0 Å². The molecule has 118 valence electrons. The number of unbranched alkanes of at least 4 members (excludes halogenated alkanes) is 1. The third-order valence-corrected chi connectivity index (χ3v) is 5.75. The number of nitrogens with one attached hydrogen (secondary N) is 1. The van der Waals surface area contributed by atoms with Gasteiger partial charge in [-0.3, -0.25) is 9.89 Å². The molecule has 0 aromatic carbocycles. The number of rotatable bonds is 5. The summed E-state index contributed by atoms with van der Waals surface area (Å²) in [6, 6.07) is -0.206. The van der Waals surface area contributed by atoms with E-state index in [-0.39, 0.29) is 23.5 Å². The Morgan fingerprint density at radius 2 is 2.14 bits per heavy atom. The number of amides is 1. The fraction of sp³-hybridized carbons (Fsp3) is 0.714. The zero-order chi connectivity index (χ0) is 15.6. The Kier molecular flexibility index (Phi) is 4.70. The highest BCUT2D eigenvalue weighted by atomic mass is 32.2. The summed E-state index contributed by atoms with van der Waals surface area (Å²) >= 11 is 0. The molecule has 1 aromatic rings. The second-order valence-electron chi connectivity index (χ2n) is 5.72. The normalized spacial score (nSPS) is 20.6. The molecule has 1 amide bonds. The standard InChI is InChI=1S/C14H23N3O3S/c1-4-5-7-17(12-6-8-21(19,20)9-12)14(18)13-10(2)15-16-11(13)3/h12H,4-9H2,1-3H3,(H,15,16). The number of nitrogens with zero attached hydrogens (tertiary/aromatic N) is 2. The molecule has 1 N–H and O–H groups in total. The van der Waals surface area contributed by atoms with E-state index in [1.807, 2.05) is 6.92 Å². The van der Waals surface area contributed by atoms with Crippen LogP contribution in [0, 0.1) is 13.8 Å². The molecular formula is C14H23N3O3S. The van der Waals surface area contributed by atoms with Crippen molar-refractivity contribution in [1.82, 2.24) is 15.1 Å². The molecule has 1 aliphatic heterocycles. The molecule has 1 atom stereocenters. The summed E-state index contributed by atoms with van der Waals surface area (Å²) < 4.78 is 23.4. The fourth-order valence-corrected chi connectivity index (χ4v) is 4.54. The van der Waals surface area contributed by atoms with Crippen LogP contribution in [0.3, 0.4) is 0 Å². The van der Waals surface area contributed by atoms with Gasteiger partial charge in [0.25, 0.3) is 5.91 Å². The van der Waals surface area contributed by atoms with Crippen LogP contribution in [-0.2, 0) is 9.84 Å². The van der Waals surface area contributed by atoms with Gasteiger partial charge in [0.05, 0.1) is 22.8 Å². The number of hydrogen-bond acceptors (Lipinski definition) is 4. The van der Waals surface area contributed by atoms with Gasteiger partial charge in [0.1, 0.15) is 0 Å². The van der Waals surface area contributed by atoms with Crippen LogP contribution in [0.1, 0.15) is 47.9 Å². The fourth-order valence-electron chi connectivity index (χ4n) is 2.81. The zero-order valence-corrected chi connectivity index (χ0v) is 13.7. The first-order valence-electron chi connectivity index (χ1n) is 7.38. The van der Waals surface area contributed by atoms with Crippen molar-refractivity contribution in [2.75, 3.05) is 18.1 Å². The van der Waals surface area contributed by atoms with Crippen molar-refractivity contribution in [2.24, 2.45) is 0 Å². The van der Waals surface area contributed by atoms with E-state index in [9.17, 15) is 13.2 Å². The molecule has 6 nitrogen and oxygen atoms in total. The average molecular weight is 313 g/mol. The highest BCUT2D eigenvalue weighted by Crippen LogP contribution is 2.22. The van der Waals surface area contributed by atoms with Crippen molar-refractivity contribution < 1.29 is 13.2 Å². The van der Waals surface area contributed by atoms with Gasteiger partial charge < -0.3 is 4.90 Å². The van der Waals surface area contributed by atoms with Gasteiger partial charge in [-0.15, -0.1) is 0 Å². The van der Waals surface area contributed by atoms with Crippen molar-refractivity contribution in [3.05, 3.63) is 17.0 Å². The Morgan fingerprint density at radius 1 is 1.43 bits per heavy atom. The second-order valence-corrected chi connectivity index (χ2v) is 7.95. The Hall–Kier alpha value is -1.37. The van der Waals surface area contributed by atoms with Crippen LogP contribution in [0.4, 0.5) is 0 Å². The SMILES string of the molecule is CCCCN(C(=O)c1c(C)n[nH]c1C)C1CCS(=O)(=O)C1. The first kappa shape index (κ1) is 16.0. The van der Waals surface area contributed by atoms with Crippen molar-refractivity contribution in [2.45, 2.75) is 46.1 Å². The van der Waals surface area contributed by atoms with E-state index < -0.39 is 9.84 Å². The van der Waals surface area contributed by atoms with E-state index in [0.29, 0.717) is 24.2 Å². The molecule has 0 bridgehead atoms. The summed E-state index contributed by atoms with van der Waals surface area (Å²) in [6.07, 6.45) is 2.37. The number of aryl methyl sites for hydroxylation is 2. The third kappa shape index (κ3) is 3.45. The van der Waals surface area contributed by atoms with Crippen LogP contribution in [0.5, 0.6) is 0 Å². The molecule has 1 aromatic heterocycles. The van der Waals surface area contributed by atoms with Crippen LogP contribution in [-0.4, -0.2) is 53.5 Å². The highest BCUT2D eigenvalue weighted by Gasteiger charge is 2.35. The summed E-state index contributed by atoms with van der Waals surface area (Å²) in [5, 5.41) is 6.88. The minimum absolute atomic E-state index is 0.0817. The number of carbonyl (C=O) groups excluding carboxylic acids is 1. The molecule has 0 saturated carbocycles. The van der Waals surface area contributed by atoms with Crippen LogP contribution in [0.2, 0.25) is 0 Å². The van der Waals surface area contributed by atoms with Crippen molar-refractivity contribution >= 4 is 15.7 Å². The predicted octanol–water partition coefficient (Wildman–Crippen LogP) is 1.46. The number of aromatic nitrogens is 2. The topological polar surface area (TPSA) is 83.1 Å². The summed E-state index contributed by atoms with van der Waals surface area (Å²) in [7, 11) is -3.01. The van der Waals surface area contributed by atoms with E-state index in [4.69, 9.17) is 0 Å². The number of sulfone groups is 1. The number of carbonyl (C=O) groups is 1. The van der Waals surface area contributed by atoms with Gasteiger partial charge in [-0.2, -0.15) is 5.10 Å². The highest BCUT2D eigenvalue weighted by molar-refractivity contribution is 7.91. The van der Waals surface area contributed by atoms with Crippen molar-refractivity contribution in [3.63, 3.8) is 0 Å². The third-order valence-electron chi connectivity index (χ3n) is 4.00. The summed E-state index contributed by atoms with van der Waals surface area (Å²) in [4.78, 5) is 14.6. The lowest BCUT2D eigenvalue weighted by Gasteiger charge is -2.28. The second kappa shape index (κ2) is 6.17. The smallest absolute Gasteiger partial charge is 0.257 e. The van der Waals surface area contributed by atoms with Gasteiger partial charge in [0.2, 0.25) is 0 Å². The molecule has 1 aliphatic rings. The molecule has 1 unspecified atom stereocenters. The van der Waals surface area contributed by atoms with E-state index in [1.54, 1.807) is 11.8 Å². The molecule has 0 spiro atoms. The van der Waals surface area contributed by atoms with Gasteiger partial charge >= 0.3 is 0 Å². The lowest BCUT2D eigenvalue weighted by molar-refractivity contribution is 0.0693. The summed E-state index contributed by atoms with van der Waals surface area (Å²) in [6.45, 7) is 6.26. The number of aromatic amines is 1. The maximum atomic E-state index is 12.8. The Morgan fingerprint density at radius 3 is 2.62 bits per heavy atom. The van der Waals surface area contributed by atoms with Gasteiger partial charge in [-0.05, 0) is 26.7 Å². The molecule has 1 fully saturated rings. The van der Waals surface area contributed by atoms with E-state index in [1.165, 1.54) is 0 Å². The van der Waals surface area contributed by atoms with Crippen molar-refractivity contribution in [1.29, 1.82) is 0 Å². The quantitative estimate of drug-likeness (QED) is 0.892. The van der Waals surface area contributed by atoms with Crippen LogP contribution >= 0.6 is 0 Å². The van der Waals surface area contributed by atoms with Gasteiger partial charge in [0.15, 0.2) is 9.84 Å². The van der Waals surface area contributed by atoms with Gasteiger partial charge in [-0.25, -0.2) is 8.42 Å². The van der Waals surface area contributed by atoms with Crippen LogP contribution in [0.25, 0.3) is 0 Å². The predicted molar refractivity (Wildman–Crippen MR) is 81.1 cm³/mol. The minimum atomic E-state index is -3.01.